The van der Waals surface area contributed by atoms with E-state index in [0.29, 0.717) is 11.3 Å². The van der Waals surface area contributed by atoms with Crippen LogP contribution in [-0.2, 0) is 4.74 Å². The summed E-state index contributed by atoms with van der Waals surface area (Å²) in [5.74, 6) is 2.21. The Kier molecular flexibility index (Phi) is 7.80. The van der Waals surface area contributed by atoms with Crippen molar-refractivity contribution in [3.8, 4) is 5.75 Å². The molecule has 27 heavy (non-hydrogen) atoms. The maximum Gasteiger partial charge on any atom is 0.199 e. The van der Waals surface area contributed by atoms with Gasteiger partial charge in [-0.1, -0.05) is 85.8 Å². The molecule has 154 valence electrons. The van der Waals surface area contributed by atoms with Crippen LogP contribution in [0.15, 0.2) is 24.3 Å². The van der Waals surface area contributed by atoms with E-state index in [-0.39, 0.29) is 11.7 Å². The summed E-state index contributed by atoms with van der Waals surface area (Å²) >= 11 is 0. The molecular weight excluding hydrogens is 332 g/mol. The van der Waals surface area contributed by atoms with E-state index >= 15 is 0 Å². The molecule has 1 aromatic rings. The Bertz CT molecular complexity index is 541. The topological polar surface area (TPSA) is 18.5 Å². The van der Waals surface area contributed by atoms with Crippen molar-refractivity contribution in [2.45, 2.75) is 98.7 Å². The molecule has 1 aromatic carbocycles. The highest BCUT2D eigenvalue weighted by Gasteiger charge is 2.30. The quantitative estimate of drug-likeness (QED) is 0.458. The minimum absolute atomic E-state index is 0.132. The lowest BCUT2D eigenvalue weighted by molar-refractivity contribution is -0.0701. The van der Waals surface area contributed by atoms with Crippen molar-refractivity contribution in [3.63, 3.8) is 0 Å². The fourth-order valence-electron chi connectivity index (χ4n) is 4.35. The zero-order chi connectivity index (χ0) is 20.1. The van der Waals surface area contributed by atoms with Crippen LogP contribution in [0.1, 0.15) is 98.0 Å². The smallest absolute Gasteiger partial charge is 0.199 e. The first-order chi connectivity index (χ1) is 12.6. The molecule has 0 aliphatic heterocycles. The fraction of sp³-hybridized carbons (Fsp3) is 0.760. The zero-order valence-corrected chi connectivity index (χ0v) is 18.8. The van der Waals surface area contributed by atoms with Crippen LogP contribution in [0.25, 0.3) is 0 Å². The molecular formula is C25H42O2. The lowest BCUT2D eigenvalue weighted by Gasteiger charge is -2.36. The summed E-state index contributed by atoms with van der Waals surface area (Å²) in [6.07, 6.45) is 8.80. The molecule has 0 saturated heterocycles. The molecule has 2 nitrogen and oxygen atoms in total. The van der Waals surface area contributed by atoms with Crippen molar-refractivity contribution in [1.82, 2.24) is 0 Å². The predicted octanol–water partition coefficient (Wildman–Crippen LogP) is 7.57. The second-order valence-electron chi connectivity index (χ2n) is 10.8. The van der Waals surface area contributed by atoms with Crippen molar-refractivity contribution in [1.29, 1.82) is 0 Å². The second kappa shape index (κ2) is 9.45. The maximum absolute atomic E-state index is 6.17. The van der Waals surface area contributed by atoms with Gasteiger partial charge in [-0.15, -0.1) is 0 Å². The molecule has 2 heteroatoms. The summed E-state index contributed by atoms with van der Waals surface area (Å²) in [6, 6.07) is 8.77. The Morgan fingerprint density at radius 3 is 2.00 bits per heavy atom. The Balaban J connectivity index is 2.03. The predicted molar refractivity (Wildman–Crippen MR) is 115 cm³/mol. The van der Waals surface area contributed by atoms with E-state index in [1.54, 1.807) is 7.11 Å². The van der Waals surface area contributed by atoms with Crippen molar-refractivity contribution in [2.75, 3.05) is 7.11 Å². The van der Waals surface area contributed by atoms with E-state index in [4.69, 9.17) is 9.47 Å². The van der Waals surface area contributed by atoms with Crippen LogP contribution in [0.5, 0.6) is 5.75 Å². The van der Waals surface area contributed by atoms with Gasteiger partial charge in [0.25, 0.3) is 0 Å². The van der Waals surface area contributed by atoms with Gasteiger partial charge in [-0.3, -0.25) is 0 Å². The molecule has 2 unspecified atom stereocenters. The van der Waals surface area contributed by atoms with Crippen molar-refractivity contribution in [2.24, 2.45) is 16.7 Å². The fourth-order valence-corrected chi connectivity index (χ4v) is 4.35. The van der Waals surface area contributed by atoms with Crippen LogP contribution in [0.2, 0.25) is 0 Å². The third kappa shape index (κ3) is 7.49. The van der Waals surface area contributed by atoms with Crippen LogP contribution in [0.3, 0.4) is 0 Å². The second-order valence-corrected chi connectivity index (χ2v) is 10.8. The van der Waals surface area contributed by atoms with Crippen LogP contribution in [0.4, 0.5) is 0 Å². The van der Waals surface area contributed by atoms with Gasteiger partial charge in [0.2, 0.25) is 0 Å². The SMILES string of the molecule is COC(CC1CCCCC1)Oc1ccc(C(CC(C)(C)C)C(C)(C)C)cc1. The van der Waals surface area contributed by atoms with Crippen molar-refractivity contribution < 1.29 is 9.47 Å². The molecule has 1 fully saturated rings. The number of methoxy groups -OCH3 is 1. The van der Waals surface area contributed by atoms with Gasteiger partial charge >= 0.3 is 0 Å². The molecule has 0 radical (unpaired) electrons. The molecule has 0 aromatic heterocycles. The minimum Gasteiger partial charge on any atom is -0.465 e. The van der Waals surface area contributed by atoms with E-state index in [1.165, 1.54) is 44.1 Å². The molecule has 1 aliphatic carbocycles. The molecule has 1 aliphatic rings. The first-order valence-corrected chi connectivity index (χ1v) is 10.9. The summed E-state index contributed by atoms with van der Waals surface area (Å²) in [7, 11) is 1.76. The normalized spacial score (nSPS) is 18.9. The van der Waals surface area contributed by atoms with Crippen molar-refractivity contribution in [3.05, 3.63) is 29.8 Å². The minimum atomic E-state index is -0.132. The summed E-state index contributed by atoms with van der Waals surface area (Å²) in [6.45, 7) is 14.0. The van der Waals surface area contributed by atoms with Crippen LogP contribution >= 0.6 is 0 Å². The molecule has 0 amide bonds. The number of hydrogen-bond donors (Lipinski definition) is 0. The molecule has 1 saturated carbocycles. The molecule has 0 bridgehead atoms. The van der Waals surface area contributed by atoms with Crippen molar-refractivity contribution >= 4 is 0 Å². The number of ether oxygens (including phenoxy) is 2. The van der Waals surface area contributed by atoms with E-state index < -0.39 is 0 Å². The Morgan fingerprint density at radius 2 is 1.52 bits per heavy atom. The third-order valence-electron chi connectivity index (χ3n) is 5.93. The highest BCUT2D eigenvalue weighted by Crippen LogP contribution is 2.43. The third-order valence-corrected chi connectivity index (χ3v) is 5.93. The summed E-state index contributed by atoms with van der Waals surface area (Å²) in [4.78, 5) is 0. The molecule has 2 atom stereocenters. The van der Waals surface area contributed by atoms with Crippen LogP contribution in [0, 0.1) is 16.7 Å². The summed E-state index contributed by atoms with van der Waals surface area (Å²) in [5, 5.41) is 0. The van der Waals surface area contributed by atoms with E-state index in [2.05, 4.69) is 65.8 Å². The first-order valence-electron chi connectivity index (χ1n) is 10.9. The van der Waals surface area contributed by atoms with E-state index in [9.17, 15) is 0 Å². The van der Waals surface area contributed by atoms with Gasteiger partial charge in [0.05, 0.1) is 0 Å². The van der Waals surface area contributed by atoms with Gasteiger partial charge in [-0.05, 0) is 46.8 Å². The number of rotatable bonds is 7. The monoisotopic (exact) mass is 374 g/mol. The van der Waals surface area contributed by atoms with Crippen LogP contribution < -0.4 is 4.74 Å². The Morgan fingerprint density at radius 1 is 0.926 bits per heavy atom. The highest BCUT2D eigenvalue weighted by atomic mass is 16.7. The standard InChI is InChI=1S/C25H42O2/c1-24(2,3)18-22(25(4,5)6)20-13-15-21(16-14-20)27-23(26-7)17-19-11-9-8-10-12-19/h13-16,19,22-23H,8-12,17-18H2,1-7H3. The highest BCUT2D eigenvalue weighted by molar-refractivity contribution is 5.30. The van der Waals surface area contributed by atoms with Gasteiger partial charge in [-0.2, -0.15) is 0 Å². The van der Waals surface area contributed by atoms with Gasteiger partial charge in [0, 0.05) is 13.5 Å². The number of hydrogen-bond acceptors (Lipinski definition) is 2. The Labute approximate surface area is 168 Å². The lowest BCUT2D eigenvalue weighted by Crippen LogP contribution is -2.24. The zero-order valence-electron chi connectivity index (χ0n) is 18.8. The average molecular weight is 375 g/mol. The average Bonchev–Trinajstić information content (AvgIpc) is 2.59. The molecule has 2 rings (SSSR count). The van der Waals surface area contributed by atoms with Gasteiger partial charge in [0.1, 0.15) is 5.75 Å². The van der Waals surface area contributed by atoms with Gasteiger partial charge in [0.15, 0.2) is 6.29 Å². The molecule has 0 spiro atoms. The van der Waals surface area contributed by atoms with Crippen LogP contribution in [-0.4, -0.2) is 13.4 Å². The summed E-state index contributed by atoms with van der Waals surface area (Å²) in [5.41, 5.74) is 1.96. The summed E-state index contributed by atoms with van der Waals surface area (Å²) < 4.78 is 11.8. The maximum atomic E-state index is 6.17. The first kappa shape index (κ1) is 22.3. The van der Waals surface area contributed by atoms with E-state index in [1.807, 2.05) is 0 Å². The van der Waals surface area contributed by atoms with Gasteiger partial charge < -0.3 is 9.47 Å². The molecule has 0 heterocycles. The lowest BCUT2D eigenvalue weighted by atomic mass is 9.69. The Hall–Kier alpha value is -1.02. The largest absolute Gasteiger partial charge is 0.465 e. The molecule has 0 N–H and O–H groups in total. The van der Waals surface area contributed by atoms with E-state index in [0.717, 1.165) is 18.1 Å². The number of benzene rings is 1. The van der Waals surface area contributed by atoms with Gasteiger partial charge in [-0.25, -0.2) is 0 Å².